The highest BCUT2D eigenvalue weighted by Gasteiger charge is 2.55. The molecule has 5 rings (SSSR count). The van der Waals surface area contributed by atoms with Crippen molar-refractivity contribution in [1.29, 1.82) is 0 Å². The summed E-state index contributed by atoms with van der Waals surface area (Å²) >= 11 is 0. The van der Waals surface area contributed by atoms with E-state index in [0.717, 1.165) is 37.0 Å². The molecule has 3 atom stereocenters. The van der Waals surface area contributed by atoms with E-state index in [9.17, 15) is 9.59 Å². The van der Waals surface area contributed by atoms with Crippen LogP contribution in [-0.4, -0.2) is 48.1 Å². The minimum atomic E-state index is -0.428. The van der Waals surface area contributed by atoms with Gasteiger partial charge >= 0.3 is 0 Å². The Kier molecular flexibility index (Phi) is 5.02. The van der Waals surface area contributed by atoms with Gasteiger partial charge in [-0.05, 0) is 76.0 Å². The van der Waals surface area contributed by atoms with E-state index in [1.807, 2.05) is 32.6 Å². The monoisotopic (exact) mass is 376 g/mol. The lowest BCUT2D eigenvalue weighted by molar-refractivity contribution is -0.154. The van der Waals surface area contributed by atoms with Crippen molar-refractivity contribution in [3.63, 3.8) is 0 Å². The van der Waals surface area contributed by atoms with Gasteiger partial charge in [-0.15, -0.1) is 0 Å². The zero-order chi connectivity index (χ0) is 19.3. The Hall–Kier alpha value is -1.10. The van der Waals surface area contributed by atoms with Crippen LogP contribution in [0.2, 0.25) is 0 Å². The quantitative estimate of drug-likeness (QED) is 0.821. The molecule has 1 N–H and O–H groups in total. The number of carbonyl (C=O) groups excluding carboxylic acids is 2. The third-order valence-electron chi connectivity index (χ3n) is 7.47. The number of hydrogen-bond acceptors (Lipinski definition) is 3. The zero-order valence-corrected chi connectivity index (χ0v) is 17.4. The SMILES string of the molecule is CC(C)[C@H](NC(=O)C12CC3CC(CC(C3)C1)C2)C(=O)N1C[C@@H](C)O[C@H](C)C1. The summed E-state index contributed by atoms with van der Waals surface area (Å²) in [5.41, 5.74) is -0.201. The highest BCUT2D eigenvalue weighted by atomic mass is 16.5. The lowest BCUT2D eigenvalue weighted by Crippen LogP contribution is -2.60. The molecule has 0 radical (unpaired) electrons. The van der Waals surface area contributed by atoms with Gasteiger partial charge < -0.3 is 15.0 Å². The number of carbonyl (C=O) groups is 2. The summed E-state index contributed by atoms with van der Waals surface area (Å²) < 4.78 is 5.77. The molecule has 27 heavy (non-hydrogen) atoms. The smallest absolute Gasteiger partial charge is 0.245 e. The Balaban J connectivity index is 1.47. The predicted molar refractivity (Wildman–Crippen MR) is 104 cm³/mol. The Morgan fingerprint density at radius 1 is 0.963 bits per heavy atom. The summed E-state index contributed by atoms with van der Waals surface area (Å²) in [5, 5.41) is 3.23. The minimum absolute atomic E-state index is 0.0457. The molecule has 4 saturated carbocycles. The number of morpholine rings is 1. The van der Waals surface area contributed by atoms with Crippen molar-refractivity contribution >= 4 is 11.8 Å². The molecule has 0 spiro atoms. The van der Waals surface area contributed by atoms with Gasteiger partial charge in [-0.1, -0.05) is 13.8 Å². The molecule has 5 fully saturated rings. The Morgan fingerprint density at radius 3 is 1.89 bits per heavy atom. The maximum absolute atomic E-state index is 13.4. The number of hydrogen-bond donors (Lipinski definition) is 1. The molecule has 152 valence electrons. The summed E-state index contributed by atoms with van der Waals surface area (Å²) in [5.74, 6) is 2.50. The van der Waals surface area contributed by atoms with Crippen LogP contribution < -0.4 is 5.32 Å². The van der Waals surface area contributed by atoms with Gasteiger partial charge in [-0.3, -0.25) is 9.59 Å². The van der Waals surface area contributed by atoms with E-state index in [-0.39, 0.29) is 35.4 Å². The first kappa shape index (κ1) is 19.2. The van der Waals surface area contributed by atoms with Crippen LogP contribution in [0, 0.1) is 29.1 Å². The Labute approximate surface area is 163 Å². The van der Waals surface area contributed by atoms with Gasteiger partial charge in [-0.25, -0.2) is 0 Å². The van der Waals surface area contributed by atoms with Gasteiger partial charge in [0.2, 0.25) is 11.8 Å². The molecular weight excluding hydrogens is 340 g/mol. The molecule has 5 heteroatoms. The van der Waals surface area contributed by atoms with E-state index in [0.29, 0.717) is 13.1 Å². The third kappa shape index (κ3) is 3.64. The molecule has 0 aromatic rings. The van der Waals surface area contributed by atoms with Crippen molar-refractivity contribution in [2.45, 2.75) is 84.5 Å². The maximum atomic E-state index is 13.4. The van der Waals surface area contributed by atoms with Crippen molar-refractivity contribution in [2.24, 2.45) is 29.1 Å². The van der Waals surface area contributed by atoms with E-state index in [1.54, 1.807) is 0 Å². The van der Waals surface area contributed by atoms with Crippen LogP contribution in [0.4, 0.5) is 0 Å². The largest absolute Gasteiger partial charge is 0.372 e. The molecule has 4 aliphatic carbocycles. The molecule has 2 amide bonds. The van der Waals surface area contributed by atoms with Gasteiger partial charge in [0, 0.05) is 18.5 Å². The second-order valence-corrected chi connectivity index (χ2v) is 10.4. The highest BCUT2D eigenvalue weighted by molar-refractivity contribution is 5.90. The summed E-state index contributed by atoms with van der Waals surface area (Å²) in [6.45, 7) is 9.31. The molecule has 0 aromatic carbocycles. The molecule has 5 aliphatic rings. The number of amides is 2. The molecule has 1 saturated heterocycles. The maximum Gasteiger partial charge on any atom is 0.245 e. The van der Waals surface area contributed by atoms with Crippen molar-refractivity contribution in [1.82, 2.24) is 10.2 Å². The third-order valence-corrected chi connectivity index (χ3v) is 7.47. The van der Waals surface area contributed by atoms with E-state index in [2.05, 4.69) is 5.32 Å². The zero-order valence-electron chi connectivity index (χ0n) is 17.4. The van der Waals surface area contributed by atoms with E-state index < -0.39 is 6.04 Å². The normalized spacial score (nSPS) is 41.7. The fraction of sp³-hybridized carbons (Fsp3) is 0.909. The first-order valence-electron chi connectivity index (χ1n) is 11.0. The number of ether oxygens (including phenoxy) is 1. The summed E-state index contributed by atoms with van der Waals surface area (Å²) in [4.78, 5) is 28.6. The van der Waals surface area contributed by atoms with E-state index >= 15 is 0 Å². The predicted octanol–water partition coefficient (Wildman–Crippen LogP) is 2.98. The van der Waals surface area contributed by atoms with Crippen LogP contribution >= 0.6 is 0 Å². The fourth-order valence-corrected chi connectivity index (χ4v) is 6.75. The van der Waals surface area contributed by atoms with Crippen LogP contribution in [0.5, 0.6) is 0 Å². The molecular formula is C22H36N2O3. The lowest BCUT2D eigenvalue weighted by Gasteiger charge is -2.56. The van der Waals surface area contributed by atoms with E-state index in [4.69, 9.17) is 4.74 Å². The summed E-state index contributed by atoms with van der Waals surface area (Å²) in [6, 6.07) is -0.428. The van der Waals surface area contributed by atoms with Crippen molar-refractivity contribution in [3.05, 3.63) is 0 Å². The Bertz CT molecular complexity index is 557. The second kappa shape index (κ2) is 7.06. The van der Waals surface area contributed by atoms with Crippen LogP contribution in [0.1, 0.15) is 66.2 Å². The van der Waals surface area contributed by atoms with Crippen molar-refractivity contribution in [2.75, 3.05) is 13.1 Å². The average molecular weight is 377 g/mol. The van der Waals surface area contributed by atoms with Crippen molar-refractivity contribution < 1.29 is 14.3 Å². The topological polar surface area (TPSA) is 58.6 Å². The van der Waals surface area contributed by atoms with Crippen LogP contribution in [-0.2, 0) is 14.3 Å². The van der Waals surface area contributed by atoms with Gasteiger partial charge in [-0.2, -0.15) is 0 Å². The number of nitrogens with one attached hydrogen (secondary N) is 1. The molecule has 4 bridgehead atoms. The molecule has 0 unspecified atom stereocenters. The number of nitrogens with zero attached hydrogens (tertiary/aromatic N) is 1. The van der Waals surface area contributed by atoms with Gasteiger partial charge in [0.1, 0.15) is 6.04 Å². The van der Waals surface area contributed by atoms with Gasteiger partial charge in [0.05, 0.1) is 12.2 Å². The van der Waals surface area contributed by atoms with Crippen LogP contribution in [0.15, 0.2) is 0 Å². The summed E-state index contributed by atoms with van der Waals surface area (Å²) in [6.07, 6.45) is 7.17. The van der Waals surface area contributed by atoms with Gasteiger partial charge in [0.25, 0.3) is 0 Å². The molecule has 0 aromatic heterocycles. The standard InChI is InChI=1S/C22H36N2O3/c1-13(2)19(20(25)24-11-14(3)27-15(4)12-24)23-21(26)22-8-16-5-17(9-22)7-18(6-16)10-22/h13-19H,5-12H2,1-4H3,(H,23,26)/t14-,15-,16?,17?,18?,19+,22?/m1/s1. The molecule has 5 nitrogen and oxygen atoms in total. The van der Waals surface area contributed by atoms with Crippen LogP contribution in [0.25, 0.3) is 0 Å². The minimum Gasteiger partial charge on any atom is -0.372 e. The molecule has 1 aliphatic heterocycles. The molecule has 1 heterocycles. The highest BCUT2D eigenvalue weighted by Crippen LogP contribution is 2.60. The van der Waals surface area contributed by atoms with E-state index in [1.165, 1.54) is 19.3 Å². The fourth-order valence-electron chi connectivity index (χ4n) is 6.75. The van der Waals surface area contributed by atoms with Crippen molar-refractivity contribution in [3.8, 4) is 0 Å². The van der Waals surface area contributed by atoms with Gasteiger partial charge in [0.15, 0.2) is 0 Å². The second-order valence-electron chi connectivity index (χ2n) is 10.4. The average Bonchev–Trinajstić information content (AvgIpc) is 2.56. The Morgan fingerprint density at radius 2 is 1.44 bits per heavy atom. The first-order valence-corrected chi connectivity index (χ1v) is 11.0. The number of rotatable bonds is 4. The summed E-state index contributed by atoms with van der Waals surface area (Å²) in [7, 11) is 0. The lowest BCUT2D eigenvalue weighted by atomic mass is 9.49. The first-order chi connectivity index (χ1) is 12.8. The van der Waals surface area contributed by atoms with Crippen LogP contribution in [0.3, 0.4) is 0 Å².